The normalized spacial score (nSPS) is 14.9. The maximum atomic E-state index is 14.0. The van der Waals surface area contributed by atoms with Crippen LogP contribution in [0.5, 0.6) is 0 Å². The highest BCUT2D eigenvalue weighted by atomic mass is 16.6. The lowest BCUT2D eigenvalue weighted by atomic mass is 9.92. The van der Waals surface area contributed by atoms with Crippen molar-refractivity contribution >= 4 is 74.1 Å². The molecule has 0 unspecified atom stereocenters. The van der Waals surface area contributed by atoms with Gasteiger partial charge in [-0.3, -0.25) is 53.9 Å². The molecule has 1 fully saturated rings. The van der Waals surface area contributed by atoms with E-state index in [1.165, 1.54) is 36.4 Å². The van der Waals surface area contributed by atoms with Crippen LogP contribution >= 0.6 is 0 Å². The number of nitrogens with one attached hydrogen (secondary N) is 3. The van der Waals surface area contributed by atoms with Gasteiger partial charge < -0.3 is 20.9 Å². The third-order valence-electron chi connectivity index (χ3n) is 10.9. The topological polar surface area (TPSA) is 235 Å². The van der Waals surface area contributed by atoms with E-state index in [9.17, 15) is 49.0 Å². The van der Waals surface area contributed by atoms with Gasteiger partial charge >= 0.3 is 0 Å². The van der Waals surface area contributed by atoms with Gasteiger partial charge in [-0.25, -0.2) is 4.90 Å². The summed E-state index contributed by atoms with van der Waals surface area (Å²) in [6.45, 7) is 3.03. The molecule has 3 aliphatic heterocycles. The Kier molecular flexibility index (Phi) is 10.6. The molecule has 3 aliphatic rings. The van der Waals surface area contributed by atoms with Crippen LogP contribution in [0.1, 0.15) is 75.0 Å². The molecule has 0 radical (unpaired) electrons. The second kappa shape index (κ2) is 16.1. The van der Waals surface area contributed by atoms with Crippen molar-refractivity contribution in [3.63, 3.8) is 0 Å². The molecule has 0 atom stereocenters. The van der Waals surface area contributed by atoms with Crippen LogP contribution in [-0.2, 0) is 0 Å². The minimum Gasteiger partial charge on any atom is -0.351 e. The van der Waals surface area contributed by atoms with Gasteiger partial charge in [0, 0.05) is 96.6 Å². The minimum absolute atomic E-state index is 0.000641. The summed E-state index contributed by atoms with van der Waals surface area (Å²) in [7, 11) is 0. The van der Waals surface area contributed by atoms with Crippen LogP contribution in [0.4, 0.5) is 17.1 Å². The van der Waals surface area contributed by atoms with Gasteiger partial charge in [0.15, 0.2) is 0 Å². The van der Waals surface area contributed by atoms with Gasteiger partial charge in [-0.15, -0.1) is 0 Å². The first-order valence-corrected chi connectivity index (χ1v) is 19.2. The van der Waals surface area contributed by atoms with Crippen molar-refractivity contribution in [3.8, 4) is 0 Å². The second-order valence-corrected chi connectivity index (χ2v) is 14.6. The number of rotatable bonds is 14. The van der Waals surface area contributed by atoms with E-state index in [-0.39, 0.29) is 82.0 Å². The predicted molar refractivity (Wildman–Crippen MR) is 217 cm³/mol. The molecule has 60 heavy (non-hydrogen) atoms. The predicted octanol–water partition coefficient (Wildman–Crippen LogP) is 4.05. The van der Waals surface area contributed by atoms with E-state index < -0.39 is 45.3 Å². The summed E-state index contributed by atoms with van der Waals surface area (Å²) in [6.07, 6.45) is 2.14. The zero-order chi connectivity index (χ0) is 42.2. The molecular formula is C42H36N8O10. The van der Waals surface area contributed by atoms with Gasteiger partial charge in [-0.2, -0.15) is 0 Å². The smallest absolute Gasteiger partial charge is 0.270 e. The number of likely N-dealkylation sites (tertiary alicyclic amines) is 1. The van der Waals surface area contributed by atoms with Gasteiger partial charge in [0.1, 0.15) is 0 Å². The first-order valence-electron chi connectivity index (χ1n) is 19.2. The highest BCUT2D eigenvalue weighted by Crippen LogP contribution is 2.37. The summed E-state index contributed by atoms with van der Waals surface area (Å²) in [6, 6.07) is 18.2. The first kappa shape index (κ1) is 39.4. The Balaban J connectivity index is 0.973. The maximum absolute atomic E-state index is 14.0. The van der Waals surface area contributed by atoms with E-state index in [4.69, 9.17) is 0 Å². The lowest BCUT2D eigenvalue weighted by molar-refractivity contribution is -0.384. The van der Waals surface area contributed by atoms with Crippen LogP contribution in [-0.4, -0.2) is 107 Å². The Morgan fingerprint density at radius 2 is 1.10 bits per heavy atom. The lowest BCUT2D eigenvalue weighted by Crippen LogP contribution is -2.44. The van der Waals surface area contributed by atoms with Crippen LogP contribution < -0.4 is 20.9 Å². The Labute approximate surface area is 340 Å². The number of nitro benzene ring substituents is 2. The standard InChI is InChI=1S/C42H36N8O10/c51-37(44-10-9-43-11-16-47-39(53)31-7-3-5-24-18-29(49(57)58)22-33(35(24)31)40(47)54)26-17-27(38(52)45-12-15-46-13-1-2-14-46)21-28(20-26)48-41(55)32-8-4-6-25-19-30(50(59)60)23-34(36(25)32)42(48)56/h3-8,17-23,43H,1-2,9-16H2,(H,44,51)(H,45,52). The number of imide groups is 2. The average molecular weight is 813 g/mol. The maximum Gasteiger partial charge on any atom is 0.270 e. The summed E-state index contributed by atoms with van der Waals surface area (Å²) in [4.78, 5) is 108. The van der Waals surface area contributed by atoms with Crippen molar-refractivity contribution in [2.24, 2.45) is 0 Å². The van der Waals surface area contributed by atoms with Gasteiger partial charge in [-0.05, 0) is 67.0 Å². The van der Waals surface area contributed by atoms with Gasteiger partial charge in [0.05, 0.1) is 26.7 Å². The summed E-state index contributed by atoms with van der Waals surface area (Å²) in [5.41, 5.74) is -0.418. The molecule has 0 saturated carbocycles. The third kappa shape index (κ3) is 7.29. The van der Waals surface area contributed by atoms with Crippen LogP contribution in [0.2, 0.25) is 0 Å². The highest BCUT2D eigenvalue weighted by Gasteiger charge is 2.37. The molecule has 0 bridgehead atoms. The fraction of sp³-hybridized carbons (Fsp3) is 0.238. The van der Waals surface area contributed by atoms with E-state index in [0.717, 1.165) is 47.9 Å². The quantitative estimate of drug-likeness (QED) is 0.0624. The van der Waals surface area contributed by atoms with E-state index in [2.05, 4.69) is 20.9 Å². The monoisotopic (exact) mass is 812 g/mol. The fourth-order valence-corrected chi connectivity index (χ4v) is 8.00. The van der Waals surface area contributed by atoms with Crippen LogP contribution in [0.15, 0.2) is 78.9 Å². The van der Waals surface area contributed by atoms with Gasteiger partial charge in [0.2, 0.25) is 0 Å². The van der Waals surface area contributed by atoms with Crippen molar-refractivity contribution in [2.75, 3.05) is 57.3 Å². The fourth-order valence-electron chi connectivity index (χ4n) is 8.00. The van der Waals surface area contributed by atoms with Crippen molar-refractivity contribution < 1.29 is 38.6 Å². The molecule has 0 aliphatic carbocycles. The van der Waals surface area contributed by atoms with Crippen molar-refractivity contribution in [2.45, 2.75) is 12.8 Å². The Bertz CT molecular complexity index is 2710. The minimum atomic E-state index is -0.862. The molecule has 3 heterocycles. The van der Waals surface area contributed by atoms with Crippen molar-refractivity contribution in [3.05, 3.63) is 132 Å². The molecule has 18 nitrogen and oxygen atoms in total. The summed E-state index contributed by atoms with van der Waals surface area (Å²) in [5, 5.41) is 33.3. The van der Waals surface area contributed by atoms with E-state index in [0.29, 0.717) is 29.2 Å². The highest BCUT2D eigenvalue weighted by molar-refractivity contribution is 6.36. The number of hydrogen-bond donors (Lipinski definition) is 3. The molecule has 3 N–H and O–H groups in total. The number of carbonyl (C=O) groups excluding carboxylic acids is 6. The third-order valence-corrected chi connectivity index (χ3v) is 10.9. The number of nitro groups is 2. The largest absolute Gasteiger partial charge is 0.351 e. The Morgan fingerprint density at radius 3 is 1.68 bits per heavy atom. The molecule has 0 aromatic heterocycles. The summed E-state index contributed by atoms with van der Waals surface area (Å²) >= 11 is 0. The van der Waals surface area contributed by atoms with Gasteiger partial charge in [0.25, 0.3) is 46.8 Å². The summed E-state index contributed by atoms with van der Waals surface area (Å²) in [5.74, 6) is -3.99. The molecule has 304 valence electrons. The number of nitrogens with zero attached hydrogens (tertiary/aromatic N) is 5. The number of hydrogen-bond acceptors (Lipinski definition) is 12. The molecule has 8 rings (SSSR count). The van der Waals surface area contributed by atoms with Crippen molar-refractivity contribution in [1.82, 2.24) is 25.8 Å². The van der Waals surface area contributed by atoms with Crippen molar-refractivity contribution in [1.29, 1.82) is 0 Å². The number of anilines is 1. The number of amides is 6. The number of carbonyl (C=O) groups is 6. The number of benzene rings is 5. The molecule has 0 spiro atoms. The molecule has 6 amide bonds. The molecule has 18 heteroatoms. The van der Waals surface area contributed by atoms with E-state index in [1.807, 2.05) is 0 Å². The van der Waals surface area contributed by atoms with Crippen LogP contribution in [0.3, 0.4) is 0 Å². The average Bonchev–Trinajstić information content (AvgIpc) is 3.77. The molecule has 5 aromatic rings. The lowest BCUT2D eigenvalue weighted by Gasteiger charge is -2.28. The molecule has 5 aromatic carbocycles. The molecule has 1 saturated heterocycles. The second-order valence-electron chi connectivity index (χ2n) is 14.6. The summed E-state index contributed by atoms with van der Waals surface area (Å²) < 4.78 is 0. The SMILES string of the molecule is O=C(NCCNCCN1C(=O)c2cccc3cc([N+](=O)[O-])cc(c23)C1=O)c1cc(C(=O)NCCN2CCCC2)cc(N2C(=O)c3cccc4cc([N+](=O)[O-])cc(c34)C2=O)c1. The first-order chi connectivity index (χ1) is 28.9. The Morgan fingerprint density at radius 1 is 0.583 bits per heavy atom. The van der Waals surface area contributed by atoms with E-state index in [1.54, 1.807) is 30.3 Å². The zero-order valence-corrected chi connectivity index (χ0v) is 31.9. The Hall–Kier alpha value is -7.44. The van der Waals surface area contributed by atoms with Crippen LogP contribution in [0, 0.1) is 20.2 Å². The molecular weight excluding hydrogens is 777 g/mol. The zero-order valence-electron chi connectivity index (χ0n) is 31.9. The van der Waals surface area contributed by atoms with Gasteiger partial charge in [-0.1, -0.05) is 24.3 Å². The number of non-ortho nitro benzene ring substituents is 2. The van der Waals surface area contributed by atoms with E-state index >= 15 is 0 Å². The van der Waals surface area contributed by atoms with Crippen LogP contribution in [0.25, 0.3) is 21.5 Å².